The number of nitrogens with two attached hydrogens (primary N) is 1. The first kappa shape index (κ1) is 19.8. The van der Waals surface area contributed by atoms with Gasteiger partial charge in [0.05, 0.1) is 6.42 Å². The van der Waals surface area contributed by atoms with Gasteiger partial charge in [0, 0.05) is 6.54 Å². The highest BCUT2D eigenvalue weighted by Gasteiger charge is 2.04. The number of carbonyl (C=O) groups is 1. The minimum absolute atomic E-state index is 0.244. The van der Waals surface area contributed by atoms with E-state index >= 15 is 0 Å². The van der Waals surface area contributed by atoms with E-state index in [-0.39, 0.29) is 18.1 Å². The quantitative estimate of drug-likeness (QED) is 0.610. The fraction of sp³-hybridized carbons (Fsp3) is 0.235. The van der Waals surface area contributed by atoms with Gasteiger partial charge >= 0.3 is 5.97 Å². The van der Waals surface area contributed by atoms with Gasteiger partial charge in [0.1, 0.15) is 12.4 Å². The molecular formula is C17H21NO5S. The smallest absolute Gasteiger partial charge is 0.307 e. The van der Waals surface area contributed by atoms with Crippen molar-refractivity contribution in [2.45, 2.75) is 18.8 Å². The van der Waals surface area contributed by atoms with E-state index in [0.717, 1.165) is 5.56 Å². The Hall–Kier alpha value is -2.22. The number of esters is 1. The minimum atomic E-state index is -3.88. The van der Waals surface area contributed by atoms with E-state index in [1.807, 2.05) is 30.3 Å². The Morgan fingerprint density at radius 3 is 1.92 bits per heavy atom. The van der Waals surface area contributed by atoms with Gasteiger partial charge < -0.3 is 10.5 Å². The first-order chi connectivity index (χ1) is 11.4. The Balaban J connectivity index is 0.000000243. The number of hydrogen-bond donors (Lipinski definition) is 2. The predicted octanol–water partition coefficient (Wildman–Crippen LogP) is 2.15. The van der Waals surface area contributed by atoms with Gasteiger partial charge in [-0.15, -0.1) is 0 Å². The number of ether oxygens (including phenoxy) is 1. The fourth-order valence-corrected chi connectivity index (χ4v) is 2.33. The summed E-state index contributed by atoms with van der Waals surface area (Å²) < 4.78 is 34.1. The van der Waals surface area contributed by atoms with Gasteiger partial charge in [-0.3, -0.25) is 9.35 Å². The van der Waals surface area contributed by atoms with Gasteiger partial charge in [-0.2, -0.15) is 8.42 Å². The van der Waals surface area contributed by atoms with Crippen LogP contribution in [0.15, 0.2) is 60.7 Å². The number of hydrogen-bond acceptors (Lipinski definition) is 5. The summed E-state index contributed by atoms with van der Waals surface area (Å²) in [5.41, 5.74) is 6.78. The molecule has 0 saturated heterocycles. The molecule has 7 heteroatoms. The molecule has 2 aromatic rings. The summed E-state index contributed by atoms with van der Waals surface area (Å²) in [6.07, 6.45) is 0.285. The van der Waals surface area contributed by atoms with Crippen molar-refractivity contribution in [3.63, 3.8) is 0 Å². The second-order valence-electron chi connectivity index (χ2n) is 4.90. The largest absolute Gasteiger partial charge is 0.461 e. The van der Waals surface area contributed by atoms with Crippen molar-refractivity contribution in [3.8, 4) is 0 Å². The Morgan fingerprint density at radius 1 is 0.958 bits per heavy atom. The van der Waals surface area contributed by atoms with Crippen molar-refractivity contribution in [1.29, 1.82) is 0 Å². The van der Waals surface area contributed by atoms with Crippen LogP contribution in [0.2, 0.25) is 0 Å². The van der Waals surface area contributed by atoms with E-state index in [9.17, 15) is 13.2 Å². The van der Waals surface area contributed by atoms with Gasteiger partial charge in [-0.1, -0.05) is 60.7 Å². The van der Waals surface area contributed by atoms with Gasteiger partial charge in [-0.05, 0) is 11.1 Å². The lowest BCUT2D eigenvalue weighted by Crippen LogP contribution is -2.10. The zero-order valence-electron chi connectivity index (χ0n) is 13.2. The molecule has 6 nitrogen and oxygen atoms in total. The Morgan fingerprint density at radius 2 is 1.46 bits per heavy atom. The molecule has 0 saturated carbocycles. The highest BCUT2D eigenvalue weighted by atomic mass is 32.2. The lowest BCUT2D eigenvalue weighted by atomic mass is 10.2. The molecule has 0 bridgehead atoms. The van der Waals surface area contributed by atoms with Crippen molar-refractivity contribution in [1.82, 2.24) is 0 Å². The zero-order valence-corrected chi connectivity index (χ0v) is 14.0. The summed E-state index contributed by atoms with van der Waals surface area (Å²) in [4.78, 5) is 10.9. The Labute approximate surface area is 142 Å². The van der Waals surface area contributed by atoms with Gasteiger partial charge in [0.15, 0.2) is 0 Å². The summed E-state index contributed by atoms with van der Waals surface area (Å²) in [6, 6.07) is 18.1. The van der Waals surface area contributed by atoms with Crippen molar-refractivity contribution < 1.29 is 22.5 Å². The second kappa shape index (κ2) is 10.5. The van der Waals surface area contributed by atoms with Gasteiger partial charge in [-0.25, -0.2) is 0 Å². The van der Waals surface area contributed by atoms with E-state index in [2.05, 4.69) is 0 Å². The fourth-order valence-electron chi connectivity index (χ4n) is 1.71. The van der Waals surface area contributed by atoms with Crippen LogP contribution < -0.4 is 5.73 Å². The average Bonchev–Trinajstić information content (AvgIpc) is 2.54. The van der Waals surface area contributed by atoms with Crippen molar-refractivity contribution >= 4 is 16.1 Å². The van der Waals surface area contributed by atoms with Crippen molar-refractivity contribution in [2.24, 2.45) is 5.73 Å². The standard InChI is InChI=1S/C10H13NO2.C7H8O3S/c11-7-6-10(12)13-8-9-4-2-1-3-5-9;8-11(9,10)6-7-4-2-1-3-5-7/h1-5H,6-8,11H2;1-5H,6H2,(H,8,9,10). The topological polar surface area (TPSA) is 107 Å². The summed E-state index contributed by atoms with van der Waals surface area (Å²) in [6.45, 7) is 0.674. The van der Waals surface area contributed by atoms with E-state index in [1.165, 1.54) is 0 Å². The van der Waals surface area contributed by atoms with Crippen molar-refractivity contribution in [2.75, 3.05) is 6.54 Å². The molecule has 0 aliphatic rings. The molecule has 130 valence electrons. The van der Waals surface area contributed by atoms with Crippen LogP contribution in [0, 0.1) is 0 Å². The molecule has 0 aliphatic heterocycles. The van der Waals surface area contributed by atoms with Crippen LogP contribution in [0.25, 0.3) is 0 Å². The van der Waals surface area contributed by atoms with E-state index in [1.54, 1.807) is 30.3 Å². The van der Waals surface area contributed by atoms with Gasteiger partial charge in [0.2, 0.25) is 0 Å². The summed E-state index contributed by atoms with van der Waals surface area (Å²) in [7, 11) is -3.88. The molecule has 0 atom stereocenters. The summed E-state index contributed by atoms with van der Waals surface area (Å²) in [5, 5.41) is 0. The van der Waals surface area contributed by atoms with Crippen LogP contribution in [0.4, 0.5) is 0 Å². The van der Waals surface area contributed by atoms with Crippen LogP contribution in [0.1, 0.15) is 17.5 Å². The maximum Gasteiger partial charge on any atom is 0.307 e. The van der Waals surface area contributed by atoms with Crippen LogP contribution in [-0.4, -0.2) is 25.5 Å². The highest BCUT2D eigenvalue weighted by Crippen LogP contribution is 2.03. The average molecular weight is 351 g/mol. The molecule has 0 amide bonds. The lowest BCUT2D eigenvalue weighted by molar-refractivity contribution is -0.144. The molecule has 0 aliphatic carbocycles. The van der Waals surface area contributed by atoms with Crippen LogP contribution in [-0.2, 0) is 32.0 Å². The SMILES string of the molecule is NCCC(=O)OCc1ccccc1.O=S(=O)(O)Cc1ccccc1. The highest BCUT2D eigenvalue weighted by molar-refractivity contribution is 7.85. The third kappa shape index (κ3) is 9.73. The second-order valence-corrected chi connectivity index (χ2v) is 6.35. The summed E-state index contributed by atoms with van der Waals surface area (Å²) in [5.74, 6) is -0.556. The molecule has 0 unspecified atom stereocenters. The lowest BCUT2D eigenvalue weighted by Gasteiger charge is -2.02. The van der Waals surface area contributed by atoms with Crippen LogP contribution >= 0.6 is 0 Å². The zero-order chi connectivity index (χ0) is 17.8. The molecule has 24 heavy (non-hydrogen) atoms. The Kier molecular flexibility index (Phi) is 8.70. The number of carbonyl (C=O) groups excluding carboxylic acids is 1. The number of rotatable bonds is 6. The Bertz CT molecular complexity index is 702. The molecule has 0 heterocycles. The third-order valence-corrected chi connectivity index (χ3v) is 3.48. The minimum Gasteiger partial charge on any atom is -0.461 e. The maximum atomic E-state index is 10.9. The third-order valence-electron chi connectivity index (χ3n) is 2.78. The van der Waals surface area contributed by atoms with Crippen LogP contribution in [0.5, 0.6) is 0 Å². The molecule has 0 radical (unpaired) electrons. The molecule has 0 spiro atoms. The molecule has 2 aromatic carbocycles. The number of benzene rings is 2. The molecule has 0 aromatic heterocycles. The van der Waals surface area contributed by atoms with E-state index in [4.69, 9.17) is 15.0 Å². The maximum absolute atomic E-state index is 10.9. The normalized spacial score (nSPS) is 10.4. The first-order valence-corrected chi connectivity index (χ1v) is 8.90. The van der Waals surface area contributed by atoms with E-state index in [0.29, 0.717) is 18.7 Å². The van der Waals surface area contributed by atoms with E-state index < -0.39 is 10.1 Å². The molecule has 3 N–H and O–H groups in total. The molecular weight excluding hydrogens is 330 g/mol. The first-order valence-electron chi connectivity index (χ1n) is 7.29. The monoisotopic (exact) mass is 351 g/mol. The summed E-state index contributed by atoms with van der Waals surface area (Å²) >= 11 is 0. The molecule has 0 fully saturated rings. The predicted molar refractivity (Wildman–Crippen MR) is 91.6 cm³/mol. The molecule has 2 rings (SSSR count). The van der Waals surface area contributed by atoms with Crippen molar-refractivity contribution in [3.05, 3.63) is 71.8 Å². The van der Waals surface area contributed by atoms with Gasteiger partial charge in [0.25, 0.3) is 10.1 Å². The van der Waals surface area contributed by atoms with Crippen LogP contribution in [0.3, 0.4) is 0 Å².